The predicted molar refractivity (Wildman–Crippen MR) is 174 cm³/mol. The summed E-state index contributed by atoms with van der Waals surface area (Å²) in [5, 5.41) is 15.3. The van der Waals surface area contributed by atoms with Crippen molar-refractivity contribution in [3.05, 3.63) is 46.6 Å². The Kier molecular flexibility index (Phi) is 8.43. The van der Waals surface area contributed by atoms with E-state index < -0.39 is 10.0 Å². The highest BCUT2D eigenvalue weighted by Gasteiger charge is 2.35. The van der Waals surface area contributed by atoms with Crippen LogP contribution in [0.1, 0.15) is 55.2 Å². The van der Waals surface area contributed by atoms with Gasteiger partial charge in [0.15, 0.2) is 5.65 Å². The van der Waals surface area contributed by atoms with Gasteiger partial charge in [-0.1, -0.05) is 11.6 Å². The standard InChI is InChI=1S/C28H35ClIN7O5S/c1-17-13-34(14-18(2)42-17)27-12-25(33-15-20(38)16-33)31-26-11-22(32-36(26)27)24-6-4-5-9-35(24)28(39)21-10-19(29)7-8-23(21)37(30)43(3,40)41/h7-8,10-12,17-18,20,24,38H,4-6,9,13-16H2,1-3H3/t17-,18+,24-/m0/s1. The molecule has 0 unspecified atom stereocenters. The van der Waals surface area contributed by atoms with Gasteiger partial charge in [0.25, 0.3) is 5.91 Å². The van der Waals surface area contributed by atoms with Gasteiger partial charge < -0.3 is 24.5 Å². The Morgan fingerprint density at radius 2 is 1.81 bits per heavy atom. The molecule has 2 aromatic heterocycles. The van der Waals surface area contributed by atoms with Crippen LogP contribution in [0.4, 0.5) is 17.3 Å². The zero-order chi connectivity index (χ0) is 30.6. The van der Waals surface area contributed by atoms with Crippen molar-refractivity contribution < 1.29 is 23.1 Å². The van der Waals surface area contributed by atoms with E-state index in [1.807, 2.05) is 21.5 Å². The first-order valence-corrected chi connectivity index (χ1v) is 17.6. The fourth-order valence-corrected chi connectivity index (χ4v) is 7.28. The molecule has 1 aromatic carbocycles. The Labute approximate surface area is 270 Å². The lowest BCUT2D eigenvalue weighted by Gasteiger charge is -2.39. The molecule has 3 fully saturated rings. The topological polar surface area (TPSA) is 124 Å². The van der Waals surface area contributed by atoms with Crippen LogP contribution >= 0.6 is 34.5 Å². The summed E-state index contributed by atoms with van der Waals surface area (Å²) in [4.78, 5) is 25.1. The molecule has 3 aromatic rings. The number of benzene rings is 1. The van der Waals surface area contributed by atoms with Crippen molar-refractivity contribution in [2.45, 2.75) is 57.5 Å². The largest absolute Gasteiger partial charge is 0.389 e. The first kappa shape index (κ1) is 30.6. The SMILES string of the molecule is C[C@@H]1CN(c2cc(N3CC(O)C3)nc3cc([C@@H]4CCCCN4C(=O)c4cc(Cl)ccc4N(I)S(C)(=O)=O)nn23)C[C@H](C)O1. The second-order valence-electron chi connectivity index (χ2n) is 11.7. The van der Waals surface area contributed by atoms with Crippen LogP contribution in [0.15, 0.2) is 30.3 Å². The van der Waals surface area contributed by atoms with E-state index in [2.05, 4.69) is 18.7 Å². The number of piperidine rings is 1. The highest BCUT2D eigenvalue weighted by molar-refractivity contribution is 14.1. The number of morpholine rings is 1. The van der Waals surface area contributed by atoms with Crippen LogP contribution < -0.4 is 12.3 Å². The van der Waals surface area contributed by atoms with Crippen LogP contribution in [-0.4, -0.2) is 96.2 Å². The first-order valence-electron chi connectivity index (χ1n) is 14.4. The van der Waals surface area contributed by atoms with E-state index in [4.69, 9.17) is 26.4 Å². The lowest BCUT2D eigenvalue weighted by atomic mass is 9.98. The fraction of sp³-hybridized carbons (Fsp3) is 0.536. The van der Waals surface area contributed by atoms with Crippen molar-refractivity contribution in [1.82, 2.24) is 19.5 Å². The van der Waals surface area contributed by atoms with Crippen molar-refractivity contribution in [1.29, 1.82) is 0 Å². The summed E-state index contributed by atoms with van der Waals surface area (Å²) in [5.41, 5.74) is 1.86. The van der Waals surface area contributed by atoms with E-state index in [1.165, 1.54) is 6.07 Å². The van der Waals surface area contributed by atoms with Crippen molar-refractivity contribution in [2.24, 2.45) is 0 Å². The van der Waals surface area contributed by atoms with Gasteiger partial charge in [-0.2, -0.15) is 9.61 Å². The zero-order valence-electron chi connectivity index (χ0n) is 24.2. The Hall–Kier alpha value is -2.40. The number of hydrogen-bond acceptors (Lipinski definition) is 9. The third-order valence-electron chi connectivity index (χ3n) is 8.12. The van der Waals surface area contributed by atoms with Gasteiger partial charge in [-0.05, 0) is 51.3 Å². The van der Waals surface area contributed by atoms with Crippen LogP contribution in [-0.2, 0) is 14.8 Å². The lowest BCUT2D eigenvalue weighted by molar-refractivity contribution is -0.00558. The van der Waals surface area contributed by atoms with Crippen molar-refractivity contribution in [3.8, 4) is 0 Å². The molecule has 1 N–H and O–H groups in total. The summed E-state index contributed by atoms with van der Waals surface area (Å²) in [6, 6.07) is 8.28. The van der Waals surface area contributed by atoms with E-state index in [9.17, 15) is 18.3 Å². The molecule has 0 saturated carbocycles. The average Bonchev–Trinajstić information content (AvgIpc) is 3.37. The molecule has 3 atom stereocenters. The van der Waals surface area contributed by atoms with Crippen molar-refractivity contribution in [3.63, 3.8) is 0 Å². The average molecular weight is 744 g/mol. The van der Waals surface area contributed by atoms with E-state index in [-0.39, 0.29) is 41.5 Å². The van der Waals surface area contributed by atoms with Crippen LogP contribution in [0.5, 0.6) is 0 Å². The molecule has 12 nitrogen and oxygen atoms in total. The number of likely N-dealkylation sites (tertiary alicyclic amines) is 1. The van der Waals surface area contributed by atoms with Gasteiger partial charge in [-0.25, -0.2) is 15.9 Å². The van der Waals surface area contributed by atoms with Crippen molar-refractivity contribution >= 4 is 73.4 Å². The summed E-state index contributed by atoms with van der Waals surface area (Å²) < 4.78 is 33.7. The third kappa shape index (κ3) is 6.13. The number of carbonyl (C=O) groups is 1. The molecular weight excluding hydrogens is 709 g/mol. The second kappa shape index (κ2) is 11.8. The smallest absolute Gasteiger partial charge is 0.256 e. The molecule has 0 spiro atoms. The van der Waals surface area contributed by atoms with Gasteiger partial charge in [0, 0.05) is 49.9 Å². The minimum Gasteiger partial charge on any atom is -0.389 e. The molecule has 0 bridgehead atoms. The summed E-state index contributed by atoms with van der Waals surface area (Å²) in [7, 11) is -3.63. The molecule has 43 heavy (non-hydrogen) atoms. The molecule has 232 valence electrons. The van der Waals surface area contributed by atoms with Crippen LogP contribution in [0.3, 0.4) is 0 Å². The number of aliphatic hydroxyl groups excluding tert-OH is 1. The maximum absolute atomic E-state index is 14.1. The molecule has 5 heterocycles. The van der Waals surface area contributed by atoms with Gasteiger partial charge in [0.05, 0.1) is 70.4 Å². The molecule has 0 aliphatic carbocycles. The van der Waals surface area contributed by atoms with E-state index in [0.717, 1.165) is 38.9 Å². The predicted octanol–water partition coefficient (Wildman–Crippen LogP) is 3.66. The number of aromatic nitrogens is 3. The number of halogens is 2. The summed E-state index contributed by atoms with van der Waals surface area (Å²) >= 11 is 8.01. The highest BCUT2D eigenvalue weighted by Crippen LogP contribution is 2.37. The van der Waals surface area contributed by atoms with E-state index in [1.54, 1.807) is 39.9 Å². The number of fused-ring (bicyclic) bond motifs is 1. The first-order chi connectivity index (χ1) is 20.4. The Morgan fingerprint density at radius 3 is 2.49 bits per heavy atom. The number of hydrogen-bond donors (Lipinski definition) is 1. The van der Waals surface area contributed by atoms with Gasteiger partial charge in [0.2, 0.25) is 10.0 Å². The number of nitrogens with zero attached hydrogens (tertiary/aromatic N) is 7. The quantitative estimate of drug-likeness (QED) is 0.298. The van der Waals surface area contributed by atoms with Gasteiger partial charge in [-0.3, -0.25) is 4.79 Å². The molecule has 3 aliphatic rings. The number of ether oxygens (including phenoxy) is 1. The van der Waals surface area contributed by atoms with Crippen LogP contribution in [0.2, 0.25) is 5.02 Å². The van der Waals surface area contributed by atoms with Crippen LogP contribution in [0.25, 0.3) is 5.65 Å². The third-order valence-corrected chi connectivity index (χ3v) is 11.8. The number of sulfonamides is 1. The molecule has 1 amide bonds. The maximum Gasteiger partial charge on any atom is 0.256 e. The van der Waals surface area contributed by atoms with Crippen LogP contribution in [0, 0.1) is 0 Å². The minimum atomic E-state index is -3.63. The number of anilines is 3. The molecule has 6 rings (SSSR count). The lowest BCUT2D eigenvalue weighted by Crippen LogP contribution is -2.51. The number of rotatable bonds is 6. The Balaban J connectivity index is 1.40. The zero-order valence-corrected chi connectivity index (χ0v) is 28.0. The van der Waals surface area contributed by atoms with E-state index >= 15 is 0 Å². The fourth-order valence-electron chi connectivity index (χ4n) is 6.17. The maximum atomic E-state index is 14.1. The monoisotopic (exact) mass is 743 g/mol. The van der Waals surface area contributed by atoms with Gasteiger partial charge >= 0.3 is 0 Å². The van der Waals surface area contributed by atoms with E-state index in [0.29, 0.717) is 49.8 Å². The van der Waals surface area contributed by atoms with Gasteiger partial charge in [-0.15, -0.1) is 0 Å². The molecule has 3 saturated heterocycles. The normalized spacial score (nSPS) is 23.5. The molecular formula is C28H35ClIN7O5S. The second-order valence-corrected chi connectivity index (χ2v) is 15.6. The molecule has 0 radical (unpaired) electrons. The molecule has 3 aliphatic heterocycles. The number of aliphatic hydroxyl groups is 1. The minimum absolute atomic E-state index is 0.0408. The van der Waals surface area contributed by atoms with Gasteiger partial charge in [0.1, 0.15) is 11.6 Å². The Morgan fingerprint density at radius 1 is 1.09 bits per heavy atom. The number of carbonyl (C=O) groups excluding carboxylic acids is 1. The number of β-amino-alcohol motifs (C(OH)–C–C–N with tert-alkyl or cyclic N) is 1. The summed E-state index contributed by atoms with van der Waals surface area (Å²) in [6.07, 6.45) is 3.25. The summed E-state index contributed by atoms with van der Waals surface area (Å²) in [5.74, 6) is 1.35. The molecule has 15 heteroatoms. The summed E-state index contributed by atoms with van der Waals surface area (Å²) in [6.45, 7) is 7.04. The highest BCUT2D eigenvalue weighted by atomic mass is 127. The number of amides is 1. The van der Waals surface area contributed by atoms with Crippen molar-refractivity contribution in [2.75, 3.05) is 51.3 Å². The Bertz CT molecular complexity index is 1640.